The Morgan fingerprint density at radius 1 is 1.29 bits per heavy atom. The van der Waals surface area contributed by atoms with Gasteiger partial charge >= 0.3 is 0 Å². The third-order valence-corrected chi connectivity index (χ3v) is 3.69. The normalized spacial score (nSPS) is 21.9. The van der Waals surface area contributed by atoms with Crippen LogP contribution in [0.1, 0.15) is 31.0 Å². The van der Waals surface area contributed by atoms with Crippen LogP contribution >= 0.6 is 0 Å². The molecule has 0 fully saturated rings. The number of amidine groups is 1. The van der Waals surface area contributed by atoms with Crippen molar-refractivity contribution in [3.63, 3.8) is 0 Å². The molecule has 0 radical (unpaired) electrons. The monoisotopic (exact) mass is 283 g/mol. The van der Waals surface area contributed by atoms with E-state index < -0.39 is 5.79 Å². The molecule has 3 rings (SSSR count). The lowest BCUT2D eigenvalue weighted by atomic mass is 10.0. The minimum atomic E-state index is -0.997. The van der Waals surface area contributed by atoms with Gasteiger partial charge in [0.25, 0.3) is 0 Å². The molecule has 2 heterocycles. The highest BCUT2D eigenvalue weighted by molar-refractivity contribution is 5.93. The van der Waals surface area contributed by atoms with Crippen molar-refractivity contribution in [1.29, 1.82) is 0 Å². The number of aromatic amines is 1. The van der Waals surface area contributed by atoms with Crippen LogP contribution in [0.3, 0.4) is 0 Å². The molecule has 5 heteroatoms. The lowest BCUT2D eigenvalue weighted by molar-refractivity contribution is 0.387. The van der Waals surface area contributed by atoms with Gasteiger partial charge in [-0.05, 0) is 37.6 Å². The molecule has 0 amide bonds. The SMILES string of the molecule is CCCC1=CC(N)=NC(N)(c2ccc3[nH]c(C)cc3c2)N1. The molecule has 21 heavy (non-hydrogen) atoms. The number of nitrogens with two attached hydrogens (primary N) is 2. The number of hydrogen-bond acceptors (Lipinski definition) is 4. The third-order valence-electron chi connectivity index (χ3n) is 3.69. The van der Waals surface area contributed by atoms with E-state index in [0.29, 0.717) is 5.84 Å². The van der Waals surface area contributed by atoms with Crippen LogP contribution in [0.15, 0.2) is 41.0 Å². The molecule has 1 aliphatic heterocycles. The van der Waals surface area contributed by atoms with Gasteiger partial charge in [-0.1, -0.05) is 19.4 Å². The first-order valence-corrected chi connectivity index (χ1v) is 7.23. The van der Waals surface area contributed by atoms with E-state index >= 15 is 0 Å². The standard InChI is InChI=1S/C16H21N5/c1-3-4-13-9-15(17)21-16(18,20-13)12-5-6-14-11(8-12)7-10(2)19-14/h5-9,19-20H,3-4,18H2,1-2H3,(H2,17,21). The Bertz CT molecular complexity index is 740. The summed E-state index contributed by atoms with van der Waals surface area (Å²) in [6, 6.07) is 8.16. The largest absolute Gasteiger partial charge is 0.384 e. The zero-order valence-corrected chi connectivity index (χ0v) is 12.4. The van der Waals surface area contributed by atoms with Gasteiger partial charge in [-0.25, -0.2) is 4.99 Å². The number of aryl methyl sites for hydroxylation is 1. The Balaban J connectivity index is 2.02. The Labute approximate surface area is 124 Å². The van der Waals surface area contributed by atoms with E-state index in [1.165, 1.54) is 0 Å². The molecule has 0 bridgehead atoms. The fourth-order valence-corrected chi connectivity index (χ4v) is 2.78. The fraction of sp³-hybridized carbons (Fsp3) is 0.312. The molecule has 1 atom stereocenters. The number of fused-ring (bicyclic) bond motifs is 1. The predicted octanol–water partition coefficient (Wildman–Crippen LogP) is 2.19. The summed E-state index contributed by atoms with van der Waals surface area (Å²) in [7, 11) is 0. The van der Waals surface area contributed by atoms with Crippen LogP contribution in [0.5, 0.6) is 0 Å². The third kappa shape index (κ3) is 2.52. The van der Waals surface area contributed by atoms with Gasteiger partial charge in [0.1, 0.15) is 5.84 Å². The van der Waals surface area contributed by atoms with E-state index in [4.69, 9.17) is 11.5 Å². The maximum atomic E-state index is 6.46. The number of H-pyrrole nitrogens is 1. The summed E-state index contributed by atoms with van der Waals surface area (Å²) in [4.78, 5) is 7.71. The lowest BCUT2D eigenvalue weighted by Crippen LogP contribution is -2.51. The number of rotatable bonds is 3. The van der Waals surface area contributed by atoms with E-state index in [9.17, 15) is 0 Å². The number of hydrogen-bond donors (Lipinski definition) is 4. The zero-order chi connectivity index (χ0) is 15.0. The molecule has 5 nitrogen and oxygen atoms in total. The average molecular weight is 283 g/mol. The van der Waals surface area contributed by atoms with Crippen LogP contribution in [-0.4, -0.2) is 10.8 Å². The molecule has 2 aromatic rings. The molecular formula is C16H21N5. The Kier molecular flexibility index (Phi) is 3.22. The second kappa shape index (κ2) is 4.93. The molecule has 110 valence electrons. The molecule has 1 aromatic carbocycles. The second-order valence-electron chi connectivity index (χ2n) is 5.60. The summed E-state index contributed by atoms with van der Waals surface area (Å²) in [6.07, 6.45) is 3.78. The van der Waals surface area contributed by atoms with Gasteiger partial charge in [0.2, 0.25) is 5.79 Å². The minimum absolute atomic E-state index is 0.463. The van der Waals surface area contributed by atoms with Crippen LogP contribution < -0.4 is 16.8 Å². The van der Waals surface area contributed by atoms with Crippen molar-refractivity contribution in [2.45, 2.75) is 32.5 Å². The first kappa shape index (κ1) is 13.7. The van der Waals surface area contributed by atoms with Crippen molar-refractivity contribution in [2.75, 3.05) is 0 Å². The summed E-state index contributed by atoms with van der Waals surface area (Å²) in [5.74, 6) is -0.534. The maximum Gasteiger partial charge on any atom is 0.211 e. The van der Waals surface area contributed by atoms with Crippen LogP contribution in [0, 0.1) is 6.92 Å². The van der Waals surface area contributed by atoms with Crippen LogP contribution in [0.2, 0.25) is 0 Å². The molecule has 1 unspecified atom stereocenters. The van der Waals surface area contributed by atoms with Crippen LogP contribution in [0.25, 0.3) is 10.9 Å². The van der Waals surface area contributed by atoms with Gasteiger partial charge in [0.05, 0.1) is 0 Å². The molecule has 6 N–H and O–H groups in total. The van der Waals surface area contributed by atoms with E-state index in [1.54, 1.807) is 0 Å². The van der Waals surface area contributed by atoms with E-state index in [0.717, 1.165) is 40.7 Å². The second-order valence-corrected chi connectivity index (χ2v) is 5.60. The van der Waals surface area contributed by atoms with E-state index in [-0.39, 0.29) is 0 Å². The van der Waals surface area contributed by atoms with Gasteiger partial charge in [-0.3, -0.25) is 5.73 Å². The summed E-state index contributed by atoms with van der Waals surface area (Å²) in [6.45, 7) is 4.16. The highest BCUT2D eigenvalue weighted by Crippen LogP contribution is 2.26. The quantitative estimate of drug-likeness (QED) is 0.695. The number of nitrogens with one attached hydrogen (secondary N) is 2. The molecule has 0 aliphatic carbocycles. The fourth-order valence-electron chi connectivity index (χ4n) is 2.78. The van der Waals surface area contributed by atoms with Crippen LogP contribution in [0.4, 0.5) is 0 Å². The number of nitrogens with zero attached hydrogens (tertiary/aromatic N) is 1. The molecular weight excluding hydrogens is 262 g/mol. The van der Waals surface area contributed by atoms with Crippen molar-refractivity contribution < 1.29 is 0 Å². The van der Waals surface area contributed by atoms with Crippen molar-refractivity contribution in [2.24, 2.45) is 16.5 Å². The molecule has 0 spiro atoms. The molecule has 0 saturated heterocycles. The zero-order valence-electron chi connectivity index (χ0n) is 12.4. The first-order valence-electron chi connectivity index (χ1n) is 7.23. The Morgan fingerprint density at radius 2 is 2.10 bits per heavy atom. The van der Waals surface area contributed by atoms with E-state index in [2.05, 4.69) is 34.3 Å². The van der Waals surface area contributed by atoms with Gasteiger partial charge < -0.3 is 16.0 Å². The highest BCUT2D eigenvalue weighted by atomic mass is 15.3. The van der Waals surface area contributed by atoms with Gasteiger partial charge in [0.15, 0.2) is 0 Å². The topological polar surface area (TPSA) is 92.2 Å². The highest BCUT2D eigenvalue weighted by Gasteiger charge is 2.30. The molecule has 1 aromatic heterocycles. The number of aliphatic imine (C=N–C) groups is 1. The number of allylic oxidation sites excluding steroid dienone is 1. The average Bonchev–Trinajstić information content (AvgIpc) is 2.77. The summed E-state index contributed by atoms with van der Waals surface area (Å²) < 4.78 is 0. The predicted molar refractivity (Wildman–Crippen MR) is 86.7 cm³/mol. The molecule has 1 aliphatic rings. The minimum Gasteiger partial charge on any atom is -0.384 e. The first-order chi connectivity index (χ1) is 10.00. The molecule has 0 saturated carbocycles. The Morgan fingerprint density at radius 3 is 2.86 bits per heavy atom. The Hall–Kier alpha value is -2.27. The van der Waals surface area contributed by atoms with Crippen molar-refractivity contribution in [3.8, 4) is 0 Å². The maximum absolute atomic E-state index is 6.46. The van der Waals surface area contributed by atoms with Crippen molar-refractivity contribution in [3.05, 3.63) is 47.3 Å². The van der Waals surface area contributed by atoms with Gasteiger partial charge in [0, 0.05) is 27.9 Å². The summed E-state index contributed by atoms with van der Waals surface area (Å²) in [5.41, 5.74) is 16.5. The number of aromatic nitrogens is 1. The van der Waals surface area contributed by atoms with Gasteiger partial charge in [-0.15, -0.1) is 0 Å². The van der Waals surface area contributed by atoms with Gasteiger partial charge in [-0.2, -0.15) is 0 Å². The summed E-state index contributed by atoms with van der Waals surface area (Å²) in [5, 5.41) is 4.43. The smallest absolute Gasteiger partial charge is 0.211 e. The number of benzene rings is 1. The van der Waals surface area contributed by atoms with E-state index in [1.807, 2.05) is 25.1 Å². The summed E-state index contributed by atoms with van der Waals surface area (Å²) >= 11 is 0. The van der Waals surface area contributed by atoms with Crippen molar-refractivity contribution in [1.82, 2.24) is 10.3 Å². The lowest BCUT2D eigenvalue weighted by Gasteiger charge is -2.32. The van der Waals surface area contributed by atoms with Crippen molar-refractivity contribution >= 4 is 16.7 Å². The van der Waals surface area contributed by atoms with Crippen LogP contribution in [-0.2, 0) is 5.79 Å².